The molecule has 244 valence electrons. The average Bonchev–Trinajstić information content (AvgIpc) is 3.72. The first-order valence-corrected chi connectivity index (χ1v) is 17.8. The number of aromatic nitrogens is 8. The predicted octanol–water partition coefficient (Wildman–Crippen LogP) is -1.87. The van der Waals surface area contributed by atoms with Crippen LogP contribution in [0.5, 0.6) is 0 Å². The van der Waals surface area contributed by atoms with Gasteiger partial charge in [0.15, 0.2) is 40.9 Å². The van der Waals surface area contributed by atoms with Crippen LogP contribution in [0.3, 0.4) is 0 Å². The van der Waals surface area contributed by atoms with E-state index in [9.17, 15) is 24.4 Å². The third-order valence-electron chi connectivity index (χ3n) is 7.68. The number of nitrogen functional groups attached to an aromatic ring is 2. The predicted molar refractivity (Wildman–Crippen MR) is 159 cm³/mol. The molecular formula is C22H28BN10O11P2+. The molecule has 21 nitrogen and oxygen atoms in total. The second-order valence-corrected chi connectivity index (χ2v) is 15.4. The third-order valence-corrected chi connectivity index (χ3v) is 10.2. The fourth-order valence-electron chi connectivity index (χ4n) is 5.64. The molecule has 3 aliphatic heterocycles. The number of aliphatic hydroxyl groups is 2. The molecule has 0 spiro atoms. The van der Waals surface area contributed by atoms with E-state index >= 15 is 0 Å². The number of anilines is 2. The molecule has 2 unspecified atom stereocenters. The summed E-state index contributed by atoms with van der Waals surface area (Å²) in [6, 6.07) is 0. The maximum atomic E-state index is 13.6. The maximum absolute atomic E-state index is 13.6. The Morgan fingerprint density at radius 2 is 1.43 bits per heavy atom. The number of nitrogens with two attached hydrogens (primary N) is 2. The van der Waals surface area contributed by atoms with Crippen molar-refractivity contribution in [1.29, 1.82) is 0 Å². The van der Waals surface area contributed by atoms with Crippen LogP contribution in [-0.4, -0.2) is 120 Å². The molecule has 0 amide bonds. The van der Waals surface area contributed by atoms with Crippen LogP contribution in [0.25, 0.3) is 22.3 Å². The van der Waals surface area contributed by atoms with Crippen molar-refractivity contribution in [3.05, 3.63) is 33.4 Å². The van der Waals surface area contributed by atoms with Gasteiger partial charge in [0, 0.05) is 6.66 Å². The second-order valence-electron chi connectivity index (χ2n) is 11.1. The van der Waals surface area contributed by atoms with Crippen molar-refractivity contribution < 1.29 is 42.3 Å². The molecule has 0 saturated carbocycles. The van der Waals surface area contributed by atoms with Crippen LogP contribution in [0.15, 0.2) is 22.2 Å². The summed E-state index contributed by atoms with van der Waals surface area (Å²) < 4.78 is 51.9. The van der Waals surface area contributed by atoms with Crippen molar-refractivity contribution in [2.45, 2.75) is 49.1 Å². The first-order chi connectivity index (χ1) is 21.7. The molecule has 0 aromatic carbocycles. The average molecular weight is 681 g/mol. The highest BCUT2D eigenvalue weighted by atomic mass is 31.2. The van der Waals surface area contributed by atoms with Crippen molar-refractivity contribution in [3.63, 3.8) is 0 Å². The molecule has 3 aliphatic rings. The number of aromatic amines is 2. The maximum Gasteiger partial charge on any atom is 0.443 e. The standard InChI is InChI=1S/C22H28BN10O11P2/c1-45(23)39-3-7-14(12(35)20(41-7)33-6-27-10-16(33)29-22(25)31-18(10)37)44-46(2,38)40-4-8-13(43-45)11(34)19(42-8)32-5-26-9-15(32)28-21(24)30-17(9)36/h5-8,11-14,19-20,34-35H,3-4H2,1-2H3,(H3,24,28,30,36)(H3,25,29,31,37)/q+1/t7-,8+,11+,12-,13+,14-,19+,20-,45?,46?/m1/s1. The van der Waals surface area contributed by atoms with Gasteiger partial charge in [-0.15, -0.1) is 0 Å². The highest BCUT2D eigenvalue weighted by Gasteiger charge is 2.55. The summed E-state index contributed by atoms with van der Waals surface area (Å²) in [6.07, 6.45) is -7.51. The monoisotopic (exact) mass is 681 g/mol. The summed E-state index contributed by atoms with van der Waals surface area (Å²) in [7, 11) is -0.824. The summed E-state index contributed by atoms with van der Waals surface area (Å²) in [4.78, 5) is 45.6. The molecule has 7 heterocycles. The molecule has 0 aliphatic carbocycles. The highest BCUT2D eigenvalue weighted by molar-refractivity contribution is 7.89. The second kappa shape index (κ2) is 11.2. The van der Waals surface area contributed by atoms with Gasteiger partial charge in [-0.05, 0) is 0 Å². The van der Waals surface area contributed by atoms with Gasteiger partial charge in [0.1, 0.15) is 37.1 Å². The SMILES string of the molecule is [B][P+]1(C)OC[C@H]2O[C@@H](n3cnc4c(=O)[nH]c(N)nc43)[C@H](O)[C@@H]2OP(C)(=O)OC[C@@H]2O[C@H](n3cnc4c(=O)[nH]c(N)nc43)[C@@H](O)[C@H]2O1. The van der Waals surface area contributed by atoms with Crippen LogP contribution in [0.1, 0.15) is 12.5 Å². The summed E-state index contributed by atoms with van der Waals surface area (Å²) in [5, 5.41) is 22.7. The summed E-state index contributed by atoms with van der Waals surface area (Å²) in [5.41, 5.74) is 10.2. The Hall–Kier alpha value is -3.30. The number of hydrogen-bond acceptors (Lipinski definition) is 17. The van der Waals surface area contributed by atoms with Gasteiger partial charge in [-0.2, -0.15) is 9.97 Å². The van der Waals surface area contributed by atoms with Crippen molar-refractivity contribution in [3.8, 4) is 0 Å². The quantitative estimate of drug-likeness (QED) is 0.0998. The lowest BCUT2D eigenvalue weighted by Crippen LogP contribution is -2.39. The van der Waals surface area contributed by atoms with Crippen molar-refractivity contribution >= 4 is 57.0 Å². The number of fused-ring (bicyclic) bond motifs is 4. The van der Waals surface area contributed by atoms with Gasteiger partial charge < -0.3 is 35.7 Å². The van der Waals surface area contributed by atoms with Gasteiger partial charge in [0.2, 0.25) is 19.5 Å². The normalized spacial score (nSPS) is 37.1. The summed E-state index contributed by atoms with van der Waals surface area (Å²) in [5.74, 6) is -0.360. The Labute approximate surface area is 258 Å². The van der Waals surface area contributed by atoms with Gasteiger partial charge in [0.25, 0.3) is 11.1 Å². The zero-order chi connectivity index (χ0) is 32.7. The number of ether oxygens (including phenoxy) is 2. The van der Waals surface area contributed by atoms with Crippen LogP contribution in [0.4, 0.5) is 11.9 Å². The molecule has 46 heavy (non-hydrogen) atoms. The minimum absolute atomic E-state index is 0.0284. The van der Waals surface area contributed by atoms with E-state index in [0.29, 0.717) is 0 Å². The number of nitrogens with one attached hydrogen (secondary N) is 2. The van der Waals surface area contributed by atoms with E-state index in [-0.39, 0.29) is 40.8 Å². The van der Waals surface area contributed by atoms with E-state index in [0.717, 1.165) is 0 Å². The Morgan fingerprint density at radius 1 is 0.935 bits per heavy atom. The summed E-state index contributed by atoms with van der Waals surface area (Å²) >= 11 is 0. The highest BCUT2D eigenvalue weighted by Crippen LogP contribution is 2.58. The molecule has 8 N–H and O–H groups in total. The Kier molecular flexibility index (Phi) is 7.59. The molecule has 7 rings (SSSR count). The Morgan fingerprint density at radius 3 is 1.98 bits per heavy atom. The third kappa shape index (κ3) is 5.43. The lowest BCUT2D eigenvalue weighted by Gasteiger charge is -2.29. The molecule has 3 fully saturated rings. The first kappa shape index (κ1) is 31.3. The molecule has 10 atom stereocenters. The summed E-state index contributed by atoms with van der Waals surface area (Å²) in [6.45, 7) is 1.92. The van der Waals surface area contributed by atoms with Crippen molar-refractivity contribution in [1.82, 2.24) is 39.0 Å². The minimum Gasteiger partial charge on any atom is -0.386 e. The van der Waals surface area contributed by atoms with Crippen LogP contribution in [-0.2, 0) is 32.1 Å². The van der Waals surface area contributed by atoms with Gasteiger partial charge in [-0.25, -0.2) is 19.0 Å². The van der Waals surface area contributed by atoms with Crippen LogP contribution in [0.2, 0.25) is 0 Å². The fourth-order valence-corrected chi connectivity index (χ4v) is 8.07. The van der Waals surface area contributed by atoms with Crippen molar-refractivity contribution in [2.75, 3.05) is 38.0 Å². The van der Waals surface area contributed by atoms with E-state index in [1.54, 1.807) is 0 Å². The largest absolute Gasteiger partial charge is 0.443 e. The molecule has 24 heteroatoms. The number of aliphatic hydroxyl groups excluding tert-OH is 2. The van der Waals surface area contributed by atoms with E-state index in [1.807, 2.05) is 0 Å². The molecule has 0 bridgehead atoms. The number of H-pyrrole nitrogens is 2. The first-order valence-electron chi connectivity index (χ1n) is 13.7. The smallest absolute Gasteiger partial charge is 0.386 e. The number of rotatable bonds is 2. The molecule has 3 saturated heterocycles. The van der Waals surface area contributed by atoms with Crippen LogP contribution >= 0.6 is 15.2 Å². The fraction of sp³-hybridized carbons (Fsp3) is 0.545. The Bertz CT molecular complexity index is 1990. The van der Waals surface area contributed by atoms with Gasteiger partial charge in [-0.1, -0.05) is 0 Å². The van der Waals surface area contributed by atoms with E-state index < -0.39 is 82.0 Å². The lowest BCUT2D eigenvalue weighted by molar-refractivity contribution is -0.0561. The zero-order valence-electron chi connectivity index (χ0n) is 24.1. The topological polar surface area (TPSA) is 292 Å². The van der Waals surface area contributed by atoms with E-state index in [2.05, 4.69) is 29.9 Å². The van der Waals surface area contributed by atoms with Gasteiger partial charge in [0.05, 0.1) is 25.9 Å². The van der Waals surface area contributed by atoms with Crippen molar-refractivity contribution in [2.24, 2.45) is 0 Å². The molecule has 4 aromatic rings. The minimum atomic E-state index is -3.99. The zero-order valence-corrected chi connectivity index (χ0v) is 25.9. The van der Waals surface area contributed by atoms with Gasteiger partial charge >= 0.3 is 15.2 Å². The van der Waals surface area contributed by atoms with E-state index in [1.165, 1.54) is 35.1 Å². The molecular weight excluding hydrogens is 653 g/mol. The molecule has 2 radical (unpaired) electrons. The van der Waals surface area contributed by atoms with Crippen LogP contribution < -0.4 is 22.6 Å². The van der Waals surface area contributed by atoms with Crippen LogP contribution in [0, 0.1) is 0 Å². The van der Waals surface area contributed by atoms with Gasteiger partial charge in [-0.3, -0.25) is 37.8 Å². The number of imidazole rings is 2. The number of nitrogens with zero attached hydrogens (tertiary/aromatic N) is 6. The number of hydrogen-bond donors (Lipinski definition) is 6. The van der Waals surface area contributed by atoms with E-state index in [4.69, 9.17) is 46.6 Å². The lowest BCUT2D eigenvalue weighted by atomic mass is 10.1. The Balaban J connectivity index is 1.17. The molecule has 4 aromatic heterocycles.